The summed E-state index contributed by atoms with van der Waals surface area (Å²) in [5.74, 6) is 3.09. The van der Waals surface area contributed by atoms with E-state index in [1.807, 2.05) is 30.3 Å². The number of benzene rings is 2. The summed E-state index contributed by atoms with van der Waals surface area (Å²) in [6, 6.07) is 16.6. The van der Waals surface area contributed by atoms with Gasteiger partial charge in [-0.2, -0.15) is 0 Å². The van der Waals surface area contributed by atoms with E-state index in [0.717, 1.165) is 28.0 Å². The monoisotopic (exact) mass is 393 g/mol. The summed E-state index contributed by atoms with van der Waals surface area (Å²) in [6.07, 6.45) is 1.88. The highest BCUT2D eigenvalue weighted by atomic mass is 32.2. The molecule has 0 unspecified atom stereocenters. The van der Waals surface area contributed by atoms with E-state index in [1.165, 1.54) is 11.1 Å². The van der Waals surface area contributed by atoms with Crippen LogP contribution in [0.4, 0.5) is 0 Å². The van der Waals surface area contributed by atoms with Crippen LogP contribution < -0.4 is 4.74 Å². The van der Waals surface area contributed by atoms with Crippen LogP contribution in [0.15, 0.2) is 66.3 Å². The van der Waals surface area contributed by atoms with Crippen molar-refractivity contribution in [1.82, 2.24) is 14.8 Å². The molecule has 2 aromatic carbocycles. The van der Waals surface area contributed by atoms with Gasteiger partial charge in [0.1, 0.15) is 5.75 Å². The van der Waals surface area contributed by atoms with E-state index in [1.54, 1.807) is 11.8 Å². The van der Waals surface area contributed by atoms with Crippen molar-refractivity contribution < 1.29 is 4.74 Å². The van der Waals surface area contributed by atoms with Crippen molar-refractivity contribution in [3.63, 3.8) is 0 Å². The first-order valence-corrected chi connectivity index (χ1v) is 10.5. The first kappa shape index (κ1) is 20.2. The minimum absolute atomic E-state index is 0.503. The Hall–Kier alpha value is -2.53. The molecule has 0 aliphatic heterocycles. The van der Waals surface area contributed by atoms with Crippen LogP contribution >= 0.6 is 11.8 Å². The SMILES string of the molecule is C=CCn1c(SCc2ccc(C)cc2)nnc1-c1ccc(OCC(C)C)cc1. The van der Waals surface area contributed by atoms with Crippen LogP contribution in [-0.2, 0) is 12.3 Å². The van der Waals surface area contributed by atoms with Crippen molar-refractivity contribution in [3.8, 4) is 17.1 Å². The summed E-state index contributed by atoms with van der Waals surface area (Å²) < 4.78 is 7.88. The molecule has 3 rings (SSSR count). The Morgan fingerprint density at radius 3 is 2.43 bits per heavy atom. The third-order valence-electron chi connectivity index (χ3n) is 4.21. The number of allylic oxidation sites excluding steroid dienone is 1. The Bertz CT molecular complexity index is 899. The second kappa shape index (κ2) is 9.60. The fourth-order valence-corrected chi connectivity index (χ4v) is 3.60. The molecule has 0 aliphatic rings. The summed E-state index contributed by atoms with van der Waals surface area (Å²) in [6.45, 7) is 11.7. The number of thioether (sulfide) groups is 1. The van der Waals surface area contributed by atoms with E-state index in [-0.39, 0.29) is 0 Å². The maximum Gasteiger partial charge on any atom is 0.192 e. The van der Waals surface area contributed by atoms with Crippen molar-refractivity contribution in [1.29, 1.82) is 0 Å². The fraction of sp³-hybridized carbons (Fsp3) is 0.304. The topological polar surface area (TPSA) is 39.9 Å². The normalized spacial score (nSPS) is 11.0. The maximum atomic E-state index is 5.77. The van der Waals surface area contributed by atoms with Gasteiger partial charge in [-0.1, -0.05) is 61.5 Å². The molecular weight excluding hydrogens is 366 g/mol. The number of ether oxygens (including phenoxy) is 1. The summed E-state index contributed by atoms with van der Waals surface area (Å²) in [5, 5.41) is 9.76. The van der Waals surface area contributed by atoms with Gasteiger partial charge < -0.3 is 4.74 Å². The number of hydrogen-bond donors (Lipinski definition) is 0. The molecule has 1 aromatic heterocycles. The highest BCUT2D eigenvalue weighted by Gasteiger charge is 2.14. The zero-order valence-corrected chi connectivity index (χ0v) is 17.6. The minimum atomic E-state index is 0.503. The molecule has 0 spiro atoms. The Morgan fingerprint density at radius 1 is 1.07 bits per heavy atom. The average Bonchev–Trinajstić information content (AvgIpc) is 3.09. The minimum Gasteiger partial charge on any atom is -0.493 e. The van der Waals surface area contributed by atoms with Gasteiger partial charge in [-0.3, -0.25) is 4.57 Å². The molecule has 4 nitrogen and oxygen atoms in total. The van der Waals surface area contributed by atoms with E-state index < -0.39 is 0 Å². The van der Waals surface area contributed by atoms with Gasteiger partial charge in [0.2, 0.25) is 0 Å². The standard InChI is InChI=1S/C23H27N3OS/c1-5-14-26-22(20-10-12-21(13-11-20)27-15-17(2)3)24-25-23(26)28-16-19-8-6-18(4)7-9-19/h5-13,17H,1,14-16H2,2-4H3. The molecule has 0 aliphatic carbocycles. The zero-order chi connectivity index (χ0) is 19.9. The smallest absolute Gasteiger partial charge is 0.192 e. The van der Waals surface area contributed by atoms with Crippen LogP contribution in [0.3, 0.4) is 0 Å². The molecular formula is C23H27N3OS. The lowest BCUT2D eigenvalue weighted by Gasteiger charge is -2.10. The van der Waals surface area contributed by atoms with E-state index >= 15 is 0 Å². The molecule has 0 fully saturated rings. The predicted octanol–water partition coefficient (Wildman–Crippen LogP) is 5.77. The highest BCUT2D eigenvalue weighted by molar-refractivity contribution is 7.98. The van der Waals surface area contributed by atoms with Gasteiger partial charge in [-0.15, -0.1) is 16.8 Å². The van der Waals surface area contributed by atoms with Crippen LogP contribution in [-0.4, -0.2) is 21.4 Å². The number of aromatic nitrogens is 3. The fourth-order valence-electron chi connectivity index (χ4n) is 2.70. The second-order valence-corrected chi connectivity index (χ2v) is 8.15. The summed E-state index contributed by atoms with van der Waals surface area (Å²) in [5.41, 5.74) is 3.57. The zero-order valence-electron chi connectivity index (χ0n) is 16.8. The second-order valence-electron chi connectivity index (χ2n) is 7.21. The molecule has 0 saturated carbocycles. The van der Waals surface area contributed by atoms with Crippen LogP contribution in [0.2, 0.25) is 0 Å². The third kappa shape index (κ3) is 5.26. The summed E-state index contributed by atoms with van der Waals surface area (Å²) >= 11 is 1.69. The molecule has 0 radical (unpaired) electrons. The molecule has 0 amide bonds. The molecule has 0 bridgehead atoms. The Kier molecular flexibility index (Phi) is 6.93. The number of hydrogen-bond acceptors (Lipinski definition) is 4. The van der Waals surface area contributed by atoms with Crippen LogP contribution in [0.1, 0.15) is 25.0 Å². The van der Waals surface area contributed by atoms with Crippen LogP contribution in [0.5, 0.6) is 5.75 Å². The molecule has 3 aromatic rings. The van der Waals surface area contributed by atoms with Gasteiger partial charge in [0.15, 0.2) is 11.0 Å². The van der Waals surface area contributed by atoms with Gasteiger partial charge in [-0.05, 0) is 42.7 Å². The number of nitrogens with zero attached hydrogens (tertiary/aromatic N) is 3. The van der Waals surface area contributed by atoms with E-state index in [2.05, 4.69) is 66.4 Å². The average molecular weight is 394 g/mol. The molecule has 0 saturated heterocycles. The first-order chi connectivity index (χ1) is 13.6. The van der Waals surface area contributed by atoms with Gasteiger partial charge in [0, 0.05) is 17.9 Å². The van der Waals surface area contributed by atoms with E-state index in [0.29, 0.717) is 19.1 Å². The Morgan fingerprint density at radius 2 is 1.79 bits per heavy atom. The van der Waals surface area contributed by atoms with Gasteiger partial charge >= 0.3 is 0 Å². The molecule has 5 heteroatoms. The van der Waals surface area contributed by atoms with Crippen molar-refractivity contribution >= 4 is 11.8 Å². The third-order valence-corrected chi connectivity index (χ3v) is 5.25. The summed E-state index contributed by atoms with van der Waals surface area (Å²) in [7, 11) is 0. The lowest BCUT2D eigenvalue weighted by Crippen LogP contribution is -2.04. The van der Waals surface area contributed by atoms with Crippen molar-refractivity contribution in [3.05, 3.63) is 72.3 Å². The van der Waals surface area contributed by atoms with Crippen molar-refractivity contribution in [2.24, 2.45) is 5.92 Å². The quantitative estimate of drug-likeness (QED) is 0.342. The Balaban J connectivity index is 1.76. The van der Waals surface area contributed by atoms with Gasteiger partial charge in [0.25, 0.3) is 0 Å². The molecule has 146 valence electrons. The largest absolute Gasteiger partial charge is 0.493 e. The summed E-state index contributed by atoms with van der Waals surface area (Å²) in [4.78, 5) is 0. The van der Waals surface area contributed by atoms with Gasteiger partial charge in [0.05, 0.1) is 6.61 Å². The number of rotatable bonds is 9. The van der Waals surface area contributed by atoms with Gasteiger partial charge in [-0.25, -0.2) is 0 Å². The van der Waals surface area contributed by atoms with E-state index in [4.69, 9.17) is 4.74 Å². The maximum absolute atomic E-state index is 5.77. The van der Waals surface area contributed by atoms with Crippen LogP contribution in [0, 0.1) is 12.8 Å². The highest BCUT2D eigenvalue weighted by Crippen LogP contribution is 2.27. The van der Waals surface area contributed by atoms with Crippen molar-refractivity contribution in [2.45, 2.75) is 38.2 Å². The molecule has 28 heavy (non-hydrogen) atoms. The lowest BCUT2D eigenvalue weighted by molar-refractivity contribution is 0.271. The predicted molar refractivity (Wildman–Crippen MR) is 117 cm³/mol. The number of aryl methyl sites for hydroxylation is 1. The molecule has 0 N–H and O–H groups in total. The lowest BCUT2D eigenvalue weighted by atomic mass is 10.2. The van der Waals surface area contributed by atoms with Crippen molar-refractivity contribution in [2.75, 3.05) is 6.61 Å². The van der Waals surface area contributed by atoms with E-state index in [9.17, 15) is 0 Å². The van der Waals surface area contributed by atoms with Crippen LogP contribution in [0.25, 0.3) is 11.4 Å². The Labute approximate surface area is 171 Å². The molecule has 1 heterocycles. The first-order valence-electron chi connectivity index (χ1n) is 9.52. The molecule has 0 atom stereocenters.